The largest absolute Gasteiger partial charge is 0.397 e. The number of piperazine rings is 1. The molecule has 2 N–H and O–H groups in total. The quantitative estimate of drug-likeness (QED) is 0.816. The Morgan fingerprint density at radius 3 is 2.32 bits per heavy atom. The van der Waals surface area contributed by atoms with Gasteiger partial charge in [0.2, 0.25) is 0 Å². The molecule has 1 saturated heterocycles. The zero-order valence-corrected chi connectivity index (χ0v) is 12.0. The summed E-state index contributed by atoms with van der Waals surface area (Å²) in [5.41, 5.74) is 6.22. The standard InChI is InChI=1S/C11H19N5O2S/c1-14(2)19(17,18)16-7-5-15(6-8-16)11-4-3-10(12)9-13-11/h3-4,9H,5-8,12H2,1-2H3. The summed E-state index contributed by atoms with van der Waals surface area (Å²) < 4.78 is 26.7. The third kappa shape index (κ3) is 2.96. The number of aromatic nitrogens is 1. The van der Waals surface area contributed by atoms with Crippen molar-refractivity contribution in [2.24, 2.45) is 0 Å². The van der Waals surface area contributed by atoms with Crippen molar-refractivity contribution in [2.75, 3.05) is 50.9 Å². The van der Waals surface area contributed by atoms with E-state index in [1.807, 2.05) is 6.07 Å². The van der Waals surface area contributed by atoms with E-state index in [4.69, 9.17) is 5.73 Å². The average Bonchev–Trinajstić information content (AvgIpc) is 2.39. The first kappa shape index (κ1) is 14.0. The van der Waals surface area contributed by atoms with Crippen LogP contribution < -0.4 is 10.6 Å². The van der Waals surface area contributed by atoms with Gasteiger partial charge in [0.1, 0.15) is 5.82 Å². The van der Waals surface area contributed by atoms with Gasteiger partial charge in [-0.2, -0.15) is 17.0 Å². The normalized spacial score (nSPS) is 17.9. The molecule has 0 aromatic carbocycles. The summed E-state index contributed by atoms with van der Waals surface area (Å²) in [4.78, 5) is 6.30. The lowest BCUT2D eigenvalue weighted by Gasteiger charge is -2.35. The van der Waals surface area contributed by atoms with Crippen LogP contribution in [0.5, 0.6) is 0 Å². The molecule has 1 aromatic heterocycles. The summed E-state index contributed by atoms with van der Waals surface area (Å²) in [7, 11) is -0.223. The van der Waals surface area contributed by atoms with Crippen LogP contribution in [-0.2, 0) is 10.2 Å². The average molecular weight is 285 g/mol. The number of nitrogens with two attached hydrogens (primary N) is 1. The number of anilines is 2. The van der Waals surface area contributed by atoms with E-state index in [-0.39, 0.29) is 0 Å². The minimum atomic E-state index is -3.31. The van der Waals surface area contributed by atoms with E-state index in [0.717, 1.165) is 5.82 Å². The van der Waals surface area contributed by atoms with Gasteiger partial charge < -0.3 is 10.6 Å². The first-order valence-electron chi connectivity index (χ1n) is 6.05. The van der Waals surface area contributed by atoms with Crippen LogP contribution in [-0.4, -0.2) is 62.3 Å². The van der Waals surface area contributed by atoms with E-state index in [9.17, 15) is 8.42 Å². The molecule has 0 aliphatic carbocycles. The molecule has 0 spiro atoms. The van der Waals surface area contributed by atoms with Crippen LogP contribution in [0.2, 0.25) is 0 Å². The van der Waals surface area contributed by atoms with Crippen molar-refractivity contribution in [3.63, 3.8) is 0 Å². The predicted octanol–water partition coefficient (Wildman–Crippen LogP) is -0.408. The second-order valence-electron chi connectivity index (χ2n) is 4.63. The SMILES string of the molecule is CN(C)S(=O)(=O)N1CCN(c2ccc(N)cn2)CC1. The third-order valence-electron chi connectivity index (χ3n) is 3.12. The molecule has 0 saturated carbocycles. The molecule has 0 radical (unpaired) electrons. The van der Waals surface area contributed by atoms with Gasteiger partial charge in [0.05, 0.1) is 11.9 Å². The first-order chi connectivity index (χ1) is 8.91. The fraction of sp³-hybridized carbons (Fsp3) is 0.545. The van der Waals surface area contributed by atoms with Crippen molar-refractivity contribution >= 4 is 21.7 Å². The van der Waals surface area contributed by atoms with Crippen molar-refractivity contribution in [2.45, 2.75) is 0 Å². The van der Waals surface area contributed by atoms with Gasteiger partial charge in [-0.25, -0.2) is 4.98 Å². The van der Waals surface area contributed by atoms with Crippen LogP contribution in [0.3, 0.4) is 0 Å². The highest BCUT2D eigenvalue weighted by Gasteiger charge is 2.28. The zero-order chi connectivity index (χ0) is 14.0. The molecule has 1 fully saturated rings. The number of nitrogens with zero attached hydrogens (tertiary/aromatic N) is 4. The zero-order valence-electron chi connectivity index (χ0n) is 11.2. The number of pyridine rings is 1. The highest BCUT2D eigenvalue weighted by molar-refractivity contribution is 7.86. The molecule has 2 heterocycles. The Morgan fingerprint density at radius 2 is 1.84 bits per heavy atom. The molecule has 1 aliphatic heterocycles. The van der Waals surface area contributed by atoms with Crippen LogP contribution in [0.25, 0.3) is 0 Å². The molecular formula is C11H19N5O2S. The van der Waals surface area contributed by atoms with Crippen LogP contribution in [0.4, 0.5) is 11.5 Å². The van der Waals surface area contributed by atoms with E-state index in [2.05, 4.69) is 9.88 Å². The van der Waals surface area contributed by atoms with Crippen molar-refractivity contribution in [3.8, 4) is 0 Å². The molecule has 1 aromatic rings. The second-order valence-corrected chi connectivity index (χ2v) is 6.77. The summed E-state index contributed by atoms with van der Waals surface area (Å²) in [6.45, 7) is 2.19. The highest BCUT2D eigenvalue weighted by Crippen LogP contribution is 2.16. The number of nitrogen functional groups attached to an aromatic ring is 1. The van der Waals surface area contributed by atoms with E-state index in [1.54, 1.807) is 26.4 Å². The molecule has 1 aliphatic rings. The van der Waals surface area contributed by atoms with Gasteiger partial charge in [0, 0.05) is 40.3 Å². The molecule has 0 unspecified atom stereocenters. The summed E-state index contributed by atoms with van der Waals surface area (Å²) in [6.07, 6.45) is 1.61. The second kappa shape index (κ2) is 5.32. The lowest BCUT2D eigenvalue weighted by molar-refractivity contribution is 0.355. The molecule has 0 amide bonds. The molecule has 106 valence electrons. The van der Waals surface area contributed by atoms with Gasteiger partial charge >= 0.3 is 0 Å². The first-order valence-corrected chi connectivity index (χ1v) is 7.45. The van der Waals surface area contributed by atoms with Gasteiger partial charge in [-0.15, -0.1) is 0 Å². The van der Waals surface area contributed by atoms with Crippen molar-refractivity contribution in [3.05, 3.63) is 18.3 Å². The summed E-state index contributed by atoms with van der Waals surface area (Å²) >= 11 is 0. The molecule has 2 rings (SSSR count). The van der Waals surface area contributed by atoms with Crippen LogP contribution in [0.15, 0.2) is 18.3 Å². The van der Waals surface area contributed by atoms with Gasteiger partial charge in [-0.05, 0) is 12.1 Å². The van der Waals surface area contributed by atoms with E-state index in [0.29, 0.717) is 31.9 Å². The Labute approximate surface area is 113 Å². The molecule has 7 nitrogen and oxygen atoms in total. The Hall–Kier alpha value is -1.38. The summed E-state index contributed by atoms with van der Waals surface area (Å²) in [6, 6.07) is 3.65. The maximum atomic E-state index is 12.0. The molecule has 0 atom stereocenters. The van der Waals surface area contributed by atoms with Crippen LogP contribution in [0, 0.1) is 0 Å². The highest BCUT2D eigenvalue weighted by atomic mass is 32.2. The van der Waals surface area contributed by atoms with Crippen LogP contribution >= 0.6 is 0 Å². The fourth-order valence-corrected chi connectivity index (χ4v) is 3.05. The van der Waals surface area contributed by atoms with Gasteiger partial charge in [-0.3, -0.25) is 0 Å². The molecule has 0 bridgehead atoms. The van der Waals surface area contributed by atoms with Gasteiger partial charge in [-0.1, -0.05) is 0 Å². The van der Waals surface area contributed by atoms with E-state index >= 15 is 0 Å². The minimum Gasteiger partial charge on any atom is -0.397 e. The third-order valence-corrected chi connectivity index (χ3v) is 5.06. The van der Waals surface area contributed by atoms with E-state index < -0.39 is 10.2 Å². The summed E-state index contributed by atoms with van der Waals surface area (Å²) in [5, 5.41) is 0. The topological polar surface area (TPSA) is 82.8 Å². The van der Waals surface area contributed by atoms with Gasteiger partial charge in [0.15, 0.2) is 0 Å². The molecule has 19 heavy (non-hydrogen) atoms. The Morgan fingerprint density at radius 1 is 1.21 bits per heavy atom. The fourth-order valence-electron chi connectivity index (χ4n) is 1.96. The van der Waals surface area contributed by atoms with Gasteiger partial charge in [0.25, 0.3) is 10.2 Å². The maximum Gasteiger partial charge on any atom is 0.281 e. The monoisotopic (exact) mass is 285 g/mol. The lowest BCUT2D eigenvalue weighted by Crippen LogP contribution is -2.51. The number of hydrogen-bond acceptors (Lipinski definition) is 5. The number of hydrogen-bond donors (Lipinski definition) is 1. The molecular weight excluding hydrogens is 266 g/mol. The Bertz CT molecular complexity index is 521. The Balaban J connectivity index is 2.02. The molecule has 8 heteroatoms. The van der Waals surface area contributed by atoms with Crippen molar-refractivity contribution in [1.29, 1.82) is 0 Å². The van der Waals surface area contributed by atoms with E-state index in [1.165, 1.54) is 8.61 Å². The Kier molecular flexibility index (Phi) is 3.93. The van der Waals surface area contributed by atoms with Crippen LogP contribution in [0.1, 0.15) is 0 Å². The van der Waals surface area contributed by atoms with Crippen molar-refractivity contribution < 1.29 is 8.42 Å². The predicted molar refractivity (Wildman–Crippen MR) is 75.0 cm³/mol. The lowest BCUT2D eigenvalue weighted by atomic mass is 10.3. The smallest absolute Gasteiger partial charge is 0.281 e. The maximum absolute atomic E-state index is 12.0. The number of rotatable bonds is 3. The minimum absolute atomic E-state index is 0.465. The van der Waals surface area contributed by atoms with Crippen molar-refractivity contribution in [1.82, 2.24) is 13.6 Å². The summed E-state index contributed by atoms with van der Waals surface area (Å²) in [5.74, 6) is 0.830.